The van der Waals surface area contributed by atoms with E-state index in [1.54, 1.807) is 12.1 Å². The van der Waals surface area contributed by atoms with Crippen molar-refractivity contribution in [3.63, 3.8) is 0 Å². The van der Waals surface area contributed by atoms with Crippen LogP contribution < -0.4 is 10.5 Å². The van der Waals surface area contributed by atoms with E-state index >= 15 is 0 Å². The quantitative estimate of drug-likeness (QED) is 0.738. The number of aryl methyl sites for hydroxylation is 1. The van der Waals surface area contributed by atoms with Gasteiger partial charge in [-0.3, -0.25) is 9.59 Å². The molecule has 28 heavy (non-hydrogen) atoms. The number of ether oxygens (including phenoxy) is 1. The van der Waals surface area contributed by atoms with Gasteiger partial charge in [-0.15, -0.1) is 0 Å². The first-order valence-corrected chi connectivity index (χ1v) is 9.29. The van der Waals surface area contributed by atoms with Crippen LogP contribution in [0, 0.1) is 0 Å². The molecular formula is C21H22N4O3. The summed E-state index contributed by atoms with van der Waals surface area (Å²) in [6, 6.07) is 13.2. The van der Waals surface area contributed by atoms with E-state index < -0.39 is 5.91 Å². The molecule has 4 rings (SSSR count). The van der Waals surface area contributed by atoms with Gasteiger partial charge in [0.05, 0.1) is 6.04 Å². The Hall–Kier alpha value is -3.35. The van der Waals surface area contributed by atoms with E-state index in [1.165, 1.54) is 6.20 Å². The van der Waals surface area contributed by atoms with Crippen molar-refractivity contribution in [2.75, 3.05) is 13.2 Å². The second kappa shape index (κ2) is 7.34. The molecule has 0 aliphatic carbocycles. The van der Waals surface area contributed by atoms with E-state index in [0.717, 1.165) is 23.7 Å². The van der Waals surface area contributed by atoms with Gasteiger partial charge in [0.1, 0.15) is 12.3 Å². The number of amides is 2. The van der Waals surface area contributed by atoms with Gasteiger partial charge in [-0.2, -0.15) is 0 Å². The van der Waals surface area contributed by atoms with Crippen LogP contribution in [0.25, 0.3) is 10.9 Å². The van der Waals surface area contributed by atoms with Gasteiger partial charge in [0.25, 0.3) is 11.8 Å². The second-order valence-corrected chi connectivity index (χ2v) is 6.97. The number of aromatic nitrogens is 2. The van der Waals surface area contributed by atoms with Gasteiger partial charge in [-0.25, -0.2) is 4.98 Å². The molecule has 1 unspecified atom stereocenters. The number of nitrogens with zero attached hydrogens (tertiary/aromatic N) is 3. The molecule has 1 fully saturated rings. The van der Waals surface area contributed by atoms with Crippen molar-refractivity contribution < 1.29 is 14.3 Å². The summed E-state index contributed by atoms with van der Waals surface area (Å²) in [6.07, 6.45) is 3.26. The lowest BCUT2D eigenvalue weighted by Gasteiger charge is -2.25. The number of carbonyl (C=O) groups is 2. The van der Waals surface area contributed by atoms with Crippen LogP contribution >= 0.6 is 0 Å². The van der Waals surface area contributed by atoms with Crippen molar-refractivity contribution in [1.29, 1.82) is 0 Å². The summed E-state index contributed by atoms with van der Waals surface area (Å²) in [7, 11) is 1.91. The van der Waals surface area contributed by atoms with Gasteiger partial charge in [0.2, 0.25) is 0 Å². The fourth-order valence-electron chi connectivity index (χ4n) is 3.80. The number of hydrogen-bond acceptors (Lipinski definition) is 4. The highest BCUT2D eigenvalue weighted by molar-refractivity contribution is 5.99. The molecular weight excluding hydrogens is 356 g/mol. The van der Waals surface area contributed by atoms with Gasteiger partial charge < -0.3 is 19.9 Å². The van der Waals surface area contributed by atoms with Crippen LogP contribution in [0.1, 0.15) is 33.8 Å². The van der Waals surface area contributed by atoms with Crippen LogP contribution in [-0.2, 0) is 7.05 Å². The Morgan fingerprint density at radius 2 is 2.07 bits per heavy atom. The topological polar surface area (TPSA) is 90.4 Å². The first-order chi connectivity index (χ1) is 13.6. The number of primary amides is 1. The van der Waals surface area contributed by atoms with Crippen molar-refractivity contribution >= 4 is 22.7 Å². The van der Waals surface area contributed by atoms with Gasteiger partial charge >= 0.3 is 0 Å². The average molecular weight is 378 g/mol. The average Bonchev–Trinajstić information content (AvgIpc) is 3.31. The predicted octanol–water partition coefficient (Wildman–Crippen LogP) is 2.36. The molecule has 2 aromatic heterocycles. The van der Waals surface area contributed by atoms with Crippen molar-refractivity contribution in [3.05, 3.63) is 60.0 Å². The minimum absolute atomic E-state index is 0.00823. The molecule has 144 valence electrons. The summed E-state index contributed by atoms with van der Waals surface area (Å²) >= 11 is 0. The Morgan fingerprint density at radius 3 is 2.86 bits per heavy atom. The van der Waals surface area contributed by atoms with Crippen molar-refractivity contribution in [2.45, 2.75) is 18.9 Å². The number of fused-ring (bicyclic) bond motifs is 1. The highest BCUT2D eigenvalue weighted by atomic mass is 16.5. The summed E-state index contributed by atoms with van der Waals surface area (Å²) in [5.74, 6) is -0.296. The minimum atomic E-state index is -0.634. The number of benzene rings is 1. The Bertz CT molecular complexity index is 1040. The van der Waals surface area contributed by atoms with Crippen LogP contribution in [0.2, 0.25) is 0 Å². The van der Waals surface area contributed by atoms with Crippen LogP contribution in [0.15, 0.2) is 48.7 Å². The van der Waals surface area contributed by atoms with E-state index in [2.05, 4.69) is 4.98 Å². The number of carbonyl (C=O) groups excluding carboxylic acids is 2. The summed E-state index contributed by atoms with van der Waals surface area (Å²) in [5, 5.41) is 1.04. The van der Waals surface area contributed by atoms with Crippen LogP contribution in [0.3, 0.4) is 0 Å². The molecule has 7 nitrogen and oxygen atoms in total. The van der Waals surface area contributed by atoms with Crippen molar-refractivity contribution in [1.82, 2.24) is 14.5 Å². The predicted molar refractivity (Wildman–Crippen MR) is 105 cm³/mol. The zero-order valence-electron chi connectivity index (χ0n) is 15.7. The Kier molecular flexibility index (Phi) is 4.73. The molecule has 3 heterocycles. The lowest BCUT2D eigenvalue weighted by atomic mass is 10.2. The highest BCUT2D eigenvalue weighted by Crippen LogP contribution is 2.25. The zero-order chi connectivity index (χ0) is 19.7. The van der Waals surface area contributed by atoms with E-state index in [9.17, 15) is 9.59 Å². The number of rotatable bonds is 5. The molecule has 1 aliphatic rings. The third-order valence-corrected chi connectivity index (χ3v) is 5.24. The van der Waals surface area contributed by atoms with Crippen LogP contribution in [-0.4, -0.2) is 45.5 Å². The first-order valence-electron chi connectivity index (χ1n) is 9.29. The Labute approximate surface area is 162 Å². The molecule has 0 saturated carbocycles. The molecule has 7 heteroatoms. The highest BCUT2D eigenvalue weighted by Gasteiger charge is 2.31. The lowest BCUT2D eigenvalue weighted by Crippen LogP contribution is -2.39. The number of nitrogens with two attached hydrogens (primary N) is 1. The number of likely N-dealkylation sites (tertiary alicyclic amines) is 1. The monoisotopic (exact) mass is 378 g/mol. The van der Waals surface area contributed by atoms with Gasteiger partial charge in [-0.1, -0.05) is 18.2 Å². The molecule has 1 aromatic carbocycles. The molecule has 1 aliphatic heterocycles. The third-order valence-electron chi connectivity index (χ3n) is 5.24. The number of para-hydroxylation sites is 1. The largest absolute Gasteiger partial charge is 0.489 e. The fourth-order valence-corrected chi connectivity index (χ4v) is 3.80. The van der Waals surface area contributed by atoms with Gasteiger partial charge in [-0.05, 0) is 37.1 Å². The number of pyridine rings is 1. The minimum Gasteiger partial charge on any atom is -0.489 e. The van der Waals surface area contributed by atoms with E-state index in [0.29, 0.717) is 24.6 Å². The molecule has 2 amide bonds. The Balaban J connectivity index is 1.53. The molecule has 3 aromatic rings. The van der Waals surface area contributed by atoms with Crippen molar-refractivity contribution in [2.24, 2.45) is 12.8 Å². The fraction of sp³-hybridized carbons (Fsp3) is 0.286. The summed E-state index contributed by atoms with van der Waals surface area (Å²) in [5.41, 5.74) is 7.15. The summed E-state index contributed by atoms with van der Waals surface area (Å²) < 4.78 is 7.75. The smallest absolute Gasteiger partial charge is 0.271 e. The summed E-state index contributed by atoms with van der Waals surface area (Å²) in [6.45, 7) is 0.978. The van der Waals surface area contributed by atoms with Crippen molar-refractivity contribution in [3.8, 4) is 5.75 Å². The first kappa shape index (κ1) is 18.0. The van der Waals surface area contributed by atoms with Crippen LogP contribution in [0.4, 0.5) is 0 Å². The van der Waals surface area contributed by atoms with Gasteiger partial charge in [0.15, 0.2) is 11.4 Å². The maximum atomic E-state index is 13.2. The molecule has 0 radical (unpaired) electrons. The van der Waals surface area contributed by atoms with E-state index in [4.69, 9.17) is 10.5 Å². The third kappa shape index (κ3) is 3.19. The lowest BCUT2D eigenvalue weighted by molar-refractivity contribution is 0.0680. The molecule has 1 saturated heterocycles. The zero-order valence-corrected chi connectivity index (χ0v) is 15.7. The Morgan fingerprint density at radius 1 is 1.25 bits per heavy atom. The second-order valence-electron chi connectivity index (χ2n) is 6.97. The molecule has 0 bridgehead atoms. The summed E-state index contributed by atoms with van der Waals surface area (Å²) in [4.78, 5) is 30.5. The van der Waals surface area contributed by atoms with E-state index in [-0.39, 0.29) is 17.6 Å². The van der Waals surface area contributed by atoms with E-state index in [1.807, 2.05) is 46.8 Å². The molecule has 1 atom stereocenters. The standard InChI is InChI=1S/C21H22N4O3/c1-24-16-8-3-2-6-14(16)12-17(24)21(27)25-11-5-7-15(25)13-28-18-9-4-10-23-19(18)20(22)26/h2-4,6,8-10,12,15H,5,7,11,13H2,1H3,(H2,22,26). The maximum Gasteiger partial charge on any atom is 0.271 e. The van der Waals surface area contributed by atoms with Gasteiger partial charge in [0, 0.05) is 30.7 Å². The molecule has 0 spiro atoms. The van der Waals surface area contributed by atoms with Crippen LogP contribution in [0.5, 0.6) is 5.75 Å². The SMILES string of the molecule is Cn1c(C(=O)N2CCCC2COc2cccnc2C(N)=O)cc2ccccc21. The molecule has 2 N–H and O–H groups in total. The number of hydrogen-bond donors (Lipinski definition) is 1. The maximum absolute atomic E-state index is 13.2. The normalized spacial score (nSPS) is 16.5.